The fourth-order valence-corrected chi connectivity index (χ4v) is 3.26. The molecule has 0 radical (unpaired) electrons. The van der Waals surface area contributed by atoms with Crippen LogP contribution in [0.3, 0.4) is 0 Å². The Morgan fingerprint density at radius 3 is 2.80 bits per heavy atom. The minimum atomic E-state index is 0.0215. The van der Waals surface area contributed by atoms with Crippen LogP contribution in [0, 0.1) is 0 Å². The summed E-state index contributed by atoms with van der Waals surface area (Å²) in [5, 5.41) is 0. The number of benzodiazepines with no additional fused rings is 1. The van der Waals surface area contributed by atoms with Crippen LogP contribution in [0.15, 0.2) is 52.1 Å². The van der Waals surface area contributed by atoms with Gasteiger partial charge in [-0.2, -0.15) is 0 Å². The third kappa shape index (κ3) is 4.14. The monoisotopic (exact) mass is 400 g/mol. The fourth-order valence-electron chi connectivity index (χ4n) is 2.90. The van der Waals surface area contributed by atoms with Gasteiger partial charge in [-0.25, -0.2) is 0 Å². The average Bonchev–Trinajstić information content (AvgIpc) is 2.72. The highest BCUT2D eigenvalue weighted by Crippen LogP contribution is 2.29. The number of benzene rings is 1. The molecule has 1 aromatic carbocycles. The number of hydrogen-bond donors (Lipinski definition) is 0. The molecule has 3 rings (SSSR count). The molecule has 2 aromatic rings. The lowest BCUT2D eigenvalue weighted by atomic mass is 10.0. The number of halogens is 1. The Balaban J connectivity index is 2.01. The smallest absolute Gasteiger partial charge is 0.248 e. The molecular weight excluding hydrogens is 380 g/mol. The molecule has 0 N–H and O–H groups in total. The van der Waals surface area contributed by atoms with Crippen LogP contribution < -0.4 is 4.90 Å². The van der Waals surface area contributed by atoms with E-state index in [2.05, 4.69) is 30.8 Å². The fraction of sp³-hybridized carbons (Fsp3) is 0.316. The largest absolute Gasteiger partial charge is 0.310 e. The lowest BCUT2D eigenvalue weighted by Gasteiger charge is -2.24. The SMILES string of the molecule is CN(C)CCCN1C(=O)CN=C(c2ccccn2)c2cc(Br)ccc21. The van der Waals surface area contributed by atoms with Gasteiger partial charge in [0.25, 0.3) is 0 Å². The molecule has 0 saturated carbocycles. The zero-order valence-electron chi connectivity index (χ0n) is 14.4. The van der Waals surface area contributed by atoms with E-state index in [4.69, 9.17) is 0 Å². The molecule has 5 nitrogen and oxygen atoms in total. The molecule has 25 heavy (non-hydrogen) atoms. The molecule has 6 heteroatoms. The minimum Gasteiger partial charge on any atom is -0.310 e. The van der Waals surface area contributed by atoms with E-state index in [9.17, 15) is 4.79 Å². The molecule has 0 aliphatic carbocycles. The van der Waals surface area contributed by atoms with Gasteiger partial charge in [0.1, 0.15) is 6.54 Å². The Kier molecular flexibility index (Phi) is 5.60. The van der Waals surface area contributed by atoms with Crippen LogP contribution in [0.25, 0.3) is 0 Å². The molecule has 1 amide bonds. The number of anilines is 1. The van der Waals surface area contributed by atoms with Gasteiger partial charge in [-0.05, 0) is 57.4 Å². The first-order valence-corrected chi connectivity index (χ1v) is 9.06. The lowest BCUT2D eigenvalue weighted by molar-refractivity contribution is -0.117. The summed E-state index contributed by atoms with van der Waals surface area (Å²) in [5.41, 5.74) is 3.38. The number of aromatic nitrogens is 1. The molecule has 0 fully saturated rings. The van der Waals surface area contributed by atoms with Gasteiger partial charge < -0.3 is 9.80 Å². The molecule has 130 valence electrons. The first-order valence-electron chi connectivity index (χ1n) is 8.27. The van der Waals surface area contributed by atoms with Gasteiger partial charge >= 0.3 is 0 Å². The quantitative estimate of drug-likeness (QED) is 0.774. The highest BCUT2D eigenvalue weighted by molar-refractivity contribution is 9.10. The number of hydrogen-bond acceptors (Lipinski definition) is 4. The standard InChI is InChI=1S/C19H21BrN4O/c1-23(2)10-5-11-24-17-8-7-14(20)12-15(17)19(22-13-18(24)25)16-6-3-4-9-21-16/h3-4,6-9,12H,5,10-11,13H2,1-2H3. The molecular formula is C19H21BrN4O. The predicted molar refractivity (Wildman–Crippen MR) is 104 cm³/mol. The van der Waals surface area contributed by atoms with Crippen molar-refractivity contribution in [2.24, 2.45) is 4.99 Å². The van der Waals surface area contributed by atoms with Crippen molar-refractivity contribution < 1.29 is 4.79 Å². The zero-order chi connectivity index (χ0) is 17.8. The molecule has 1 aromatic heterocycles. The van der Waals surface area contributed by atoms with Crippen molar-refractivity contribution in [2.45, 2.75) is 6.42 Å². The Bertz CT molecular complexity index is 789. The van der Waals surface area contributed by atoms with Crippen LogP contribution in [-0.2, 0) is 4.79 Å². The van der Waals surface area contributed by atoms with E-state index < -0.39 is 0 Å². The summed E-state index contributed by atoms with van der Waals surface area (Å²) < 4.78 is 0.956. The first kappa shape index (κ1) is 17.8. The highest BCUT2D eigenvalue weighted by Gasteiger charge is 2.25. The summed E-state index contributed by atoms with van der Waals surface area (Å²) in [6.07, 6.45) is 2.66. The maximum atomic E-state index is 12.7. The van der Waals surface area contributed by atoms with E-state index in [1.54, 1.807) is 6.20 Å². The number of carbonyl (C=O) groups is 1. The van der Waals surface area contributed by atoms with E-state index >= 15 is 0 Å². The van der Waals surface area contributed by atoms with Crippen molar-refractivity contribution in [3.05, 3.63) is 58.3 Å². The summed E-state index contributed by atoms with van der Waals surface area (Å²) >= 11 is 3.54. The van der Waals surface area contributed by atoms with Crippen LogP contribution in [0.2, 0.25) is 0 Å². The second kappa shape index (κ2) is 7.89. The van der Waals surface area contributed by atoms with E-state index in [1.807, 2.05) is 55.4 Å². The predicted octanol–water partition coefficient (Wildman–Crippen LogP) is 2.98. The normalized spacial score (nSPS) is 14.3. The third-order valence-corrected chi connectivity index (χ3v) is 4.57. The average molecular weight is 401 g/mol. The summed E-state index contributed by atoms with van der Waals surface area (Å²) in [6.45, 7) is 1.75. The van der Waals surface area contributed by atoms with E-state index in [1.165, 1.54) is 0 Å². The van der Waals surface area contributed by atoms with Gasteiger partial charge in [-0.1, -0.05) is 22.0 Å². The maximum Gasteiger partial charge on any atom is 0.248 e. The molecule has 2 heterocycles. The molecule has 0 bridgehead atoms. The maximum absolute atomic E-state index is 12.7. The Hall–Kier alpha value is -2.05. The number of pyridine rings is 1. The van der Waals surface area contributed by atoms with Crippen molar-refractivity contribution in [1.82, 2.24) is 9.88 Å². The number of carbonyl (C=O) groups excluding carboxylic acids is 1. The number of fused-ring (bicyclic) bond motifs is 1. The minimum absolute atomic E-state index is 0.0215. The van der Waals surface area contributed by atoms with E-state index in [0.29, 0.717) is 6.54 Å². The third-order valence-electron chi connectivity index (χ3n) is 4.07. The molecule has 1 aliphatic rings. The molecule has 0 spiro atoms. The lowest BCUT2D eigenvalue weighted by Crippen LogP contribution is -2.34. The van der Waals surface area contributed by atoms with E-state index in [-0.39, 0.29) is 12.5 Å². The first-order chi connectivity index (χ1) is 12.1. The Morgan fingerprint density at radius 2 is 2.08 bits per heavy atom. The van der Waals surface area contributed by atoms with Gasteiger partial charge in [0.2, 0.25) is 5.91 Å². The van der Waals surface area contributed by atoms with Crippen molar-refractivity contribution in [3.63, 3.8) is 0 Å². The molecule has 0 saturated heterocycles. The summed E-state index contributed by atoms with van der Waals surface area (Å²) in [4.78, 5) is 25.7. The van der Waals surface area contributed by atoms with Gasteiger partial charge in [-0.3, -0.25) is 14.8 Å². The van der Waals surface area contributed by atoms with E-state index in [0.717, 1.165) is 40.1 Å². The van der Waals surface area contributed by atoms with Crippen molar-refractivity contribution in [2.75, 3.05) is 38.6 Å². The number of aliphatic imine (C=N–C) groups is 1. The van der Waals surface area contributed by atoms with Crippen molar-refractivity contribution >= 4 is 33.2 Å². The van der Waals surface area contributed by atoms with Crippen LogP contribution in [0.4, 0.5) is 5.69 Å². The number of amides is 1. The number of rotatable bonds is 5. The summed E-state index contributed by atoms with van der Waals surface area (Å²) in [7, 11) is 4.08. The number of nitrogens with zero attached hydrogens (tertiary/aromatic N) is 4. The van der Waals surface area contributed by atoms with Crippen LogP contribution in [0.5, 0.6) is 0 Å². The molecule has 0 atom stereocenters. The summed E-state index contributed by atoms with van der Waals surface area (Å²) in [6, 6.07) is 11.7. The van der Waals surface area contributed by atoms with Crippen molar-refractivity contribution in [3.8, 4) is 0 Å². The molecule has 0 unspecified atom stereocenters. The van der Waals surface area contributed by atoms with Gasteiger partial charge in [0, 0.05) is 22.8 Å². The van der Waals surface area contributed by atoms with Gasteiger partial charge in [0.05, 0.1) is 17.1 Å². The van der Waals surface area contributed by atoms with Gasteiger partial charge in [-0.15, -0.1) is 0 Å². The van der Waals surface area contributed by atoms with Crippen LogP contribution in [0.1, 0.15) is 17.7 Å². The van der Waals surface area contributed by atoms with Crippen LogP contribution in [-0.4, -0.2) is 55.2 Å². The second-order valence-corrected chi connectivity index (χ2v) is 7.16. The second-order valence-electron chi connectivity index (χ2n) is 6.24. The zero-order valence-corrected chi connectivity index (χ0v) is 16.0. The summed E-state index contributed by atoms with van der Waals surface area (Å²) in [5.74, 6) is 0.0215. The highest BCUT2D eigenvalue weighted by atomic mass is 79.9. The molecule has 1 aliphatic heterocycles. The topological polar surface area (TPSA) is 48.8 Å². The Labute approximate surface area is 156 Å². The Morgan fingerprint density at radius 1 is 1.24 bits per heavy atom. The van der Waals surface area contributed by atoms with Gasteiger partial charge in [0.15, 0.2) is 0 Å². The van der Waals surface area contributed by atoms with Crippen molar-refractivity contribution in [1.29, 1.82) is 0 Å². The van der Waals surface area contributed by atoms with Crippen LogP contribution >= 0.6 is 15.9 Å².